The van der Waals surface area contributed by atoms with E-state index in [1.807, 2.05) is 4.72 Å². The number of fused-ring (bicyclic) bond motifs is 1. The summed E-state index contributed by atoms with van der Waals surface area (Å²) in [5.41, 5.74) is 1.45. The van der Waals surface area contributed by atoms with Crippen molar-refractivity contribution >= 4 is 15.9 Å². The fourth-order valence-corrected chi connectivity index (χ4v) is 3.95. The van der Waals surface area contributed by atoms with Crippen LogP contribution >= 0.6 is 0 Å². The van der Waals surface area contributed by atoms with Gasteiger partial charge in [0.15, 0.2) is 4.90 Å². The molecule has 0 bridgehead atoms. The van der Waals surface area contributed by atoms with Gasteiger partial charge >= 0.3 is 0 Å². The Morgan fingerprint density at radius 3 is 2.60 bits per heavy atom. The number of amides is 1. The summed E-state index contributed by atoms with van der Waals surface area (Å²) in [5, 5.41) is 0. The Morgan fingerprint density at radius 1 is 1.28 bits per heavy atom. The first-order valence-electron chi connectivity index (χ1n) is 7.32. The van der Waals surface area contributed by atoms with Crippen molar-refractivity contribution in [3.63, 3.8) is 0 Å². The van der Waals surface area contributed by atoms with Crippen molar-refractivity contribution in [3.8, 4) is 0 Å². The molecule has 0 aliphatic carbocycles. The van der Waals surface area contributed by atoms with E-state index in [-0.39, 0.29) is 13.1 Å². The number of halogens is 2. The van der Waals surface area contributed by atoms with E-state index < -0.39 is 38.5 Å². The molecule has 1 aliphatic heterocycles. The quantitative estimate of drug-likeness (QED) is 0.868. The van der Waals surface area contributed by atoms with Gasteiger partial charge in [0.25, 0.3) is 0 Å². The van der Waals surface area contributed by atoms with Crippen molar-refractivity contribution in [1.29, 1.82) is 0 Å². The summed E-state index contributed by atoms with van der Waals surface area (Å²) in [7, 11) is -4.54. The van der Waals surface area contributed by atoms with Gasteiger partial charge in [-0.25, -0.2) is 27.2 Å². The zero-order chi connectivity index (χ0) is 18.2. The molecule has 2 aromatic rings. The number of aromatic nitrogens is 2. The van der Waals surface area contributed by atoms with Crippen LogP contribution in [0.5, 0.6) is 0 Å². The molecule has 0 saturated heterocycles. The monoisotopic (exact) mass is 368 g/mol. The zero-order valence-corrected chi connectivity index (χ0v) is 13.9. The number of carbonyl (C=O) groups is 1. The fourth-order valence-electron chi connectivity index (χ4n) is 2.61. The standard InChI is InChI=1S/C15H14F2N4O3S/c1-9(15(22)21-6-10-5-18-8-19-13(10)7-21)20-25(23,24)14-11(16)3-2-4-12(14)17/h2-5,8-9,20H,6-7H2,1H3. The highest BCUT2D eigenvalue weighted by molar-refractivity contribution is 7.89. The van der Waals surface area contributed by atoms with Crippen LogP contribution in [0.3, 0.4) is 0 Å². The number of benzene rings is 1. The lowest BCUT2D eigenvalue weighted by atomic mass is 10.3. The summed E-state index contributed by atoms with van der Waals surface area (Å²) in [6.07, 6.45) is 2.94. The lowest BCUT2D eigenvalue weighted by Gasteiger charge is -2.21. The molecule has 1 N–H and O–H groups in total. The Hall–Kier alpha value is -2.46. The maximum Gasteiger partial charge on any atom is 0.247 e. The number of nitrogens with one attached hydrogen (secondary N) is 1. The molecule has 1 atom stereocenters. The minimum atomic E-state index is -4.54. The first kappa shape index (κ1) is 17.4. The smallest absolute Gasteiger partial charge is 0.247 e. The molecule has 1 aromatic carbocycles. The molecule has 25 heavy (non-hydrogen) atoms. The Kier molecular flexibility index (Phi) is 4.48. The largest absolute Gasteiger partial charge is 0.331 e. The average molecular weight is 368 g/mol. The van der Waals surface area contributed by atoms with Crippen molar-refractivity contribution in [1.82, 2.24) is 19.6 Å². The molecular formula is C15H14F2N4O3S. The highest BCUT2D eigenvalue weighted by Crippen LogP contribution is 2.22. The molecule has 0 fully saturated rings. The molecule has 2 heterocycles. The van der Waals surface area contributed by atoms with Gasteiger partial charge in [0.2, 0.25) is 15.9 Å². The van der Waals surface area contributed by atoms with Gasteiger partial charge in [0, 0.05) is 18.3 Å². The molecule has 0 spiro atoms. The van der Waals surface area contributed by atoms with E-state index in [1.54, 1.807) is 6.20 Å². The van der Waals surface area contributed by atoms with Crippen molar-refractivity contribution in [2.75, 3.05) is 0 Å². The molecule has 1 aromatic heterocycles. The van der Waals surface area contributed by atoms with Gasteiger partial charge in [-0.05, 0) is 19.1 Å². The topological polar surface area (TPSA) is 92.3 Å². The third-order valence-electron chi connectivity index (χ3n) is 3.78. The van der Waals surface area contributed by atoms with E-state index in [2.05, 4.69) is 9.97 Å². The molecular weight excluding hydrogens is 354 g/mol. The predicted molar refractivity (Wildman–Crippen MR) is 82.4 cm³/mol. The van der Waals surface area contributed by atoms with Crippen molar-refractivity contribution in [2.24, 2.45) is 0 Å². The first-order chi connectivity index (χ1) is 11.8. The molecule has 3 rings (SSSR count). The van der Waals surface area contributed by atoms with E-state index in [9.17, 15) is 22.0 Å². The van der Waals surface area contributed by atoms with Crippen molar-refractivity contribution in [2.45, 2.75) is 31.0 Å². The van der Waals surface area contributed by atoms with E-state index in [4.69, 9.17) is 0 Å². The molecule has 1 aliphatic rings. The van der Waals surface area contributed by atoms with Crippen LogP contribution in [0.1, 0.15) is 18.2 Å². The third-order valence-corrected chi connectivity index (χ3v) is 5.38. The first-order valence-corrected chi connectivity index (χ1v) is 8.81. The predicted octanol–water partition coefficient (Wildman–Crippen LogP) is 0.964. The summed E-state index contributed by atoms with van der Waals surface area (Å²) in [6.45, 7) is 1.78. The molecule has 0 saturated carbocycles. The number of rotatable bonds is 4. The molecule has 7 nitrogen and oxygen atoms in total. The maximum absolute atomic E-state index is 13.7. The van der Waals surface area contributed by atoms with Gasteiger partial charge in [0.1, 0.15) is 18.0 Å². The summed E-state index contributed by atoms with van der Waals surface area (Å²) >= 11 is 0. The summed E-state index contributed by atoms with van der Waals surface area (Å²) in [5.74, 6) is -2.98. The molecule has 10 heteroatoms. The Labute approximate surface area is 142 Å². The van der Waals surface area contributed by atoms with Gasteiger partial charge in [-0.1, -0.05) is 6.07 Å². The van der Waals surface area contributed by atoms with Crippen molar-refractivity contribution in [3.05, 3.63) is 53.6 Å². The Balaban J connectivity index is 1.76. The van der Waals surface area contributed by atoms with Crippen molar-refractivity contribution < 1.29 is 22.0 Å². The normalized spacial score (nSPS) is 15.1. The van der Waals surface area contributed by atoms with Crippen LogP contribution in [0.4, 0.5) is 8.78 Å². The zero-order valence-electron chi connectivity index (χ0n) is 13.1. The van der Waals surface area contributed by atoms with Crippen LogP contribution in [0, 0.1) is 11.6 Å². The molecule has 1 amide bonds. The second-order valence-corrected chi connectivity index (χ2v) is 7.23. The van der Waals surface area contributed by atoms with Crippen LogP contribution in [-0.2, 0) is 27.9 Å². The van der Waals surface area contributed by atoms with Crippen LogP contribution in [0.15, 0.2) is 35.6 Å². The minimum absolute atomic E-state index is 0.219. The number of hydrogen-bond acceptors (Lipinski definition) is 5. The molecule has 132 valence electrons. The second kappa shape index (κ2) is 6.45. The van der Waals surface area contributed by atoms with E-state index in [0.29, 0.717) is 5.69 Å². The van der Waals surface area contributed by atoms with Crippen LogP contribution < -0.4 is 4.72 Å². The lowest BCUT2D eigenvalue weighted by Crippen LogP contribution is -2.45. The average Bonchev–Trinajstić information content (AvgIpc) is 2.97. The number of carbonyl (C=O) groups excluding carboxylic acids is 1. The van der Waals surface area contributed by atoms with Gasteiger partial charge < -0.3 is 4.90 Å². The van der Waals surface area contributed by atoms with Crippen LogP contribution in [0.2, 0.25) is 0 Å². The molecule has 0 radical (unpaired) electrons. The summed E-state index contributed by atoms with van der Waals surface area (Å²) in [4.78, 5) is 20.7. The van der Waals surface area contributed by atoms with Gasteiger partial charge in [0.05, 0.1) is 18.3 Å². The second-order valence-electron chi connectivity index (χ2n) is 5.58. The number of sulfonamides is 1. The minimum Gasteiger partial charge on any atom is -0.331 e. The lowest BCUT2D eigenvalue weighted by molar-refractivity contribution is -0.133. The third kappa shape index (κ3) is 3.35. The molecule has 1 unspecified atom stereocenters. The number of nitrogens with zero attached hydrogens (tertiary/aromatic N) is 3. The summed E-state index contributed by atoms with van der Waals surface area (Å²) in [6, 6.07) is 1.52. The maximum atomic E-state index is 13.7. The van der Waals surface area contributed by atoms with Gasteiger partial charge in [-0.15, -0.1) is 0 Å². The highest BCUT2D eigenvalue weighted by Gasteiger charge is 2.32. The van der Waals surface area contributed by atoms with E-state index in [0.717, 1.165) is 23.8 Å². The van der Waals surface area contributed by atoms with E-state index >= 15 is 0 Å². The Bertz CT molecular complexity index is 891. The number of hydrogen-bond donors (Lipinski definition) is 1. The van der Waals surface area contributed by atoms with Gasteiger partial charge in [-0.3, -0.25) is 4.79 Å². The van der Waals surface area contributed by atoms with Crippen LogP contribution in [0.25, 0.3) is 0 Å². The van der Waals surface area contributed by atoms with E-state index in [1.165, 1.54) is 18.2 Å². The van der Waals surface area contributed by atoms with Gasteiger partial charge in [-0.2, -0.15) is 4.72 Å². The highest BCUT2D eigenvalue weighted by atomic mass is 32.2. The SMILES string of the molecule is CC(NS(=O)(=O)c1c(F)cccc1F)C(=O)N1Cc2cncnc2C1. The fraction of sp³-hybridized carbons (Fsp3) is 0.267. The Morgan fingerprint density at radius 2 is 1.96 bits per heavy atom. The summed E-state index contributed by atoms with van der Waals surface area (Å²) < 4.78 is 53.9. The van der Waals surface area contributed by atoms with Crippen LogP contribution in [-0.4, -0.2) is 35.2 Å².